The Bertz CT molecular complexity index is 921. The van der Waals surface area contributed by atoms with Crippen LogP contribution in [-0.4, -0.2) is 41.5 Å². The molecule has 8 nitrogen and oxygen atoms in total. The molecule has 4 amide bonds. The highest BCUT2D eigenvalue weighted by molar-refractivity contribution is 6.15. The number of aromatic hydroxyl groups is 1. The molecule has 8 heteroatoms. The van der Waals surface area contributed by atoms with E-state index < -0.39 is 24.4 Å². The molecule has 0 saturated carbocycles. The van der Waals surface area contributed by atoms with E-state index in [4.69, 9.17) is 4.74 Å². The lowest BCUT2D eigenvalue weighted by Crippen LogP contribution is -2.38. The average Bonchev–Trinajstić information content (AvgIpc) is 2.90. The third-order valence-electron chi connectivity index (χ3n) is 3.82. The van der Waals surface area contributed by atoms with E-state index >= 15 is 0 Å². The van der Waals surface area contributed by atoms with Crippen molar-refractivity contribution in [3.63, 3.8) is 0 Å². The fraction of sp³-hybridized carbons (Fsp3) is 0.105. The van der Waals surface area contributed by atoms with Crippen LogP contribution in [0.3, 0.4) is 0 Å². The van der Waals surface area contributed by atoms with Crippen molar-refractivity contribution in [2.75, 3.05) is 19.0 Å². The van der Waals surface area contributed by atoms with Crippen LogP contribution in [-0.2, 0) is 9.59 Å². The number of ether oxygens (including phenoxy) is 1. The van der Waals surface area contributed by atoms with E-state index in [1.807, 2.05) is 0 Å². The number of carbonyl (C=O) groups is 3. The van der Waals surface area contributed by atoms with Crippen molar-refractivity contribution in [3.05, 3.63) is 59.8 Å². The molecule has 0 bridgehead atoms. The van der Waals surface area contributed by atoms with Gasteiger partial charge in [0.15, 0.2) is 0 Å². The zero-order valence-corrected chi connectivity index (χ0v) is 14.4. The first-order valence-corrected chi connectivity index (χ1v) is 8.04. The quantitative estimate of drug-likeness (QED) is 0.553. The molecule has 0 aliphatic carbocycles. The summed E-state index contributed by atoms with van der Waals surface area (Å²) >= 11 is 0. The van der Waals surface area contributed by atoms with Crippen molar-refractivity contribution < 1.29 is 24.2 Å². The number of urea groups is 1. The highest BCUT2D eigenvalue weighted by Gasteiger charge is 2.34. The van der Waals surface area contributed by atoms with Gasteiger partial charge in [0.25, 0.3) is 5.91 Å². The van der Waals surface area contributed by atoms with Gasteiger partial charge in [0.05, 0.1) is 7.11 Å². The summed E-state index contributed by atoms with van der Waals surface area (Å²) in [6, 6.07) is 12.2. The summed E-state index contributed by atoms with van der Waals surface area (Å²) in [4.78, 5) is 37.4. The van der Waals surface area contributed by atoms with Crippen LogP contribution < -0.4 is 15.4 Å². The molecule has 1 aliphatic rings. The third kappa shape index (κ3) is 4.24. The predicted octanol–water partition coefficient (Wildman–Crippen LogP) is 1.93. The average molecular weight is 367 g/mol. The Labute approximate surface area is 155 Å². The number of methoxy groups -OCH3 is 1. The Balaban J connectivity index is 1.67. The largest absolute Gasteiger partial charge is 0.508 e. The molecule has 3 N–H and O–H groups in total. The number of rotatable bonds is 5. The zero-order chi connectivity index (χ0) is 19.4. The molecule has 138 valence electrons. The molecule has 1 fully saturated rings. The normalized spacial score (nSPS) is 15.0. The molecule has 1 heterocycles. The number of anilines is 1. The standard InChI is InChI=1S/C19H17N3O5/c1-27-15-7-5-13(6-8-15)20-17(24)11-22-18(25)16(21-19(22)26)10-12-3-2-4-14(23)9-12/h2-10,23H,11H2,1H3,(H,20,24)(H,21,26)/b16-10-. The van der Waals surface area contributed by atoms with Gasteiger partial charge >= 0.3 is 6.03 Å². The molecule has 27 heavy (non-hydrogen) atoms. The van der Waals surface area contributed by atoms with Crippen molar-refractivity contribution in [2.24, 2.45) is 0 Å². The number of nitrogens with zero attached hydrogens (tertiary/aromatic N) is 1. The van der Waals surface area contributed by atoms with Gasteiger partial charge in [-0.05, 0) is 48.0 Å². The summed E-state index contributed by atoms with van der Waals surface area (Å²) in [6.07, 6.45) is 1.43. The molecule has 0 unspecified atom stereocenters. The van der Waals surface area contributed by atoms with Gasteiger partial charge in [-0.1, -0.05) is 12.1 Å². The highest BCUT2D eigenvalue weighted by Crippen LogP contribution is 2.18. The van der Waals surface area contributed by atoms with E-state index in [-0.39, 0.29) is 11.4 Å². The monoisotopic (exact) mass is 367 g/mol. The summed E-state index contributed by atoms with van der Waals surface area (Å²) in [5.41, 5.74) is 1.09. The van der Waals surface area contributed by atoms with Crippen LogP contribution in [0.4, 0.5) is 10.5 Å². The summed E-state index contributed by atoms with van der Waals surface area (Å²) in [6.45, 7) is -0.423. The first-order valence-electron chi connectivity index (χ1n) is 8.04. The second-order valence-corrected chi connectivity index (χ2v) is 5.75. The van der Waals surface area contributed by atoms with Crippen LogP contribution in [0.1, 0.15) is 5.56 Å². The number of imide groups is 1. The van der Waals surface area contributed by atoms with Gasteiger partial charge < -0.3 is 20.5 Å². The van der Waals surface area contributed by atoms with Gasteiger partial charge in [0.2, 0.25) is 5.91 Å². The number of phenolic OH excluding ortho intramolecular Hbond substituents is 1. The Morgan fingerprint density at radius 3 is 2.63 bits per heavy atom. The van der Waals surface area contributed by atoms with Crippen molar-refractivity contribution >= 4 is 29.6 Å². The Morgan fingerprint density at radius 2 is 1.96 bits per heavy atom. The molecule has 3 rings (SSSR count). The Kier molecular flexibility index (Phi) is 5.07. The van der Waals surface area contributed by atoms with E-state index in [0.29, 0.717) is 17.0 Å². The second-order valence-electron chi connectivity index (χ2n) is 5.75. The van der Waals surface area contributed by atoms with Gasteiger partial charge in [-0.2, -0.15) is 0 Å². The van der Waals surface area contributed by atoms with E-state index in [9.17, 15) is 19.5 Å². The second kappa shape index (κ2) is 7.61. The van der Waals surface area contributed by atoms with Gasteiger partial charge in [-0.3, -0.25) is 9.59 Å². The van der Waals surface area contributed by atoms with Crippen molar-refractivity contribution in [2.45, 2.75) is 0 Å². The third-order valence-corrected chi connectivity index (χ3v) is 3.82. The molecule has 2 aromatic rings. The van der Waals surface area contributed by atoms with Crippen molar-refractivity contribution in [1.29, 1.82) is 0 Å². The van der Waals surface area contributed by atoms with Gasteiger partial charge in [-0.25, -0.2) is 9.69 Å². The fourth-order valence-corrected chi connectivity index (χ4v) is 2.51. The molecule has 1 aliphatic heterocycles. The van der Waals surface area contributed by atoms with E-state index in [2.05, 4.69) is 10.6 Å². The maximum Gasteiger partial charge on any atom is 0.329 e. The molecular formula is C19H17N3O5. The summed E-state index contributed by atoms with van der Waals surface area (Å²) in [5.74, 6) is -0.448. The number of nitrogens with one attached hydrogen (secondary N) is 2. The minimum absolute atomic E-state index is 0.0304. The minimum atomic E-state index is -0.684. The smallest absolute Gasteiger partial charge is 0.329 e. The lowest BCUT2D eigenvalue weighted by molar-refractivity contribution is -0.127. The fourth-order valence-electron chi connectivity index (χ4n) is 2.51. The number of phenols is 1. The molecule has 1 saturated heterocycles. The number of carbonyl (C=O) groups excluding carboxylic acids is 3. The van der Waals surface area contributed by atoms with Crippen molar-refractivity contribution in [1.82, 2.24) is 10.2 Å². The number of hydrogen-bond donors (Lipinski definition) is 3. The van der Waals surface area contributed by atoms with Gasteiger partial charge in [0.1, 0.15) is 23.7 Å². The van der Waals surface area contributed by atoms with Gasteiger partial charge in [-0.15, -0.1) is 0 Å². The Hall–Kier alpha value is -3.81. The van der Waals surface area contributed by atoms with Crippen LogP contribution in [0.5, 0.6) is 11.5 Å². The van der Waals surface area contributed by atoms with E-state index in [0.717, 1.165) is 4.90 Å². The highest BCUT2D eigenvalue weighted by atomic mass is 16.5. The number of hydrogen-bond acceptors (Lipinski definition) is 5. The van der Waals surface area contributed by atoms with E-state index in [1.54, 1.807) is 36.4 Å². The van der Waals surface area contributed by atoms with Crippen LogP contribution in [0.15, 0.2) is 54.2 Å². The lowest BCUT2D eigenvalue weighted by atomic mass is 10.2. The van der Waals surface area contributed by atoms with Crippen molar-refractivity contribution in [3.8, 4) is 11.5 Å². The predicted molar refractivity (Wildman–Crippen MR) is 98.0 cm³/mol. The lowest BCUT2D eigenvalue weighted by Gasteiger charge is -2.12. The Morgan fingerprint density at radius 1 is 1.22 bits per heavy atom. The zero-order valence-electron chi connectivity index (χ0n) is 14.4. The summed E-state index contributed by atoms with van der Waals surface area (Å²) in [7, 11) is 1.53. The van der Waals surface area contributed by atoms with Crippen LogP contribution in [0.2, 0.25) is 0 Å². The SMILES string of the molecule is COc1ccc(NC(=O)CN2C(=O)N/C(=C\c3cccc(O)c3)C2=O)cc1. The maximum absolute atomic E-state index is 12.4. The first-order chi connectivity index (χ1) is 13.0. The van der Waals surface area contributed by atoms with Gasteiger partial charge in [0, 0.05) is 5.69 Å². The number of benzene rings is 2. The van der Waals surface area contributed by atoms with E-state index in [1.165, 1.54) is 25.3 Å². The molecular weight excluding hydrogens is 350 g/mol. The van der Waals surface area contributed by atoms with Crippen LogP contribution in [0, 0.1) is 0 Å². The maximum atomic E-state index is 12.4. The number of amides is 4. The summed E-state index contributed by atoms with van der Waals surface area (Å²) < 4.78 is 5.04. The first kappa shape index (κ1) is 18.0. The van der Waals surface area contributed by atoms with Crippen LogP contribution in [0.25, 0.3) is 6.08 Å². The molecule has 0 radical (unpaired) electrons. The molecule has 0 aromatic heterocycles. The molecule has 0 spiro atoms. The summed E-state index contributed by atoms with van der Waals surface area (Å²) in [5, 5.41) is 14.5. The molecule has 2 aromatic carbocycles. The minimum Gasteiger partial charge on any atom is -0.508 e. The molecule has 0 atom stereocenters. The van der Waals surface area contributed by atoms with Crippen LogP contribution >= 0.6 is 0 Å². The topological polar surface area (TPSA) is 108 Å².